The number of aliphatic imine (C=N–C) groups is 1. The molecule has 0 unspecified atom stereocenters. The van der Waals surface area contributed by atoms with Crippen LogP contribution in [0.2, 0.25) is 0 Å². The average Bonchev–Trinajstić information content (AvgIpc) is 3.30. The Morgan fingerprint density at radius 2 is 1.77 bits per heavy atom. The van der Waals surface area contributed by atoms with Gasteiger partial charge in [0.1, 0.15) is 0 Å². The minimum absolute atomic E-state index is 0. The number of rotatable bonds is 7. The van der Waals surface area contributed by atoms with E-state index in [0.29, 0.717) is 12.2 Å². The van der Waals surface area contributed by atoms with E-state index in [1.54, 1.807) is 19.2 Å². The highest BCUT2D eigenvalue weighted by molar-refractivity contribution is 14.0. The second-order valence-electron chi connectivity index (χ2n) is 7.66. The summed E-state index contributed by atoms with van der Waals surface area (Å²) in [6, 6.07) is 21.4. The van der Waals surface area contributed by atoms with Gasteiger partial charge in [0.25, 0.3) is 5.91 Å². The van der Waals surface area contributed by atoms with Crippen LogP contribution in [0.3, 0.4) is 0 Å². The number of nitrogens with zero attached hydrogens (tertiary/aromatic N) is 1. The molecule has 0 radical (unpaired) electrons. The van der Waals surface area contributed by atoms with E-state index >= 15 is 0 Å². The van der Waals surface area contributed by atoms with Crippen LogP contribution in [-0.2, 0) is 12.0 Å². The van der Waals surface area contributed by atoms with Crippen molar-refractivity contribution < 1.29 is 9.21 Å². The van der Waals surface area contributed by atoms with Crippen molar-refractivity contribution in [1.29, 1.82) is 0 Å². The fraction of sp³-hybridized carbons (Fsp3) is 0.250. The van der Waals surface area contributed by atoms with Crippen molar-refractivity contribution in [1.82, 2.24) is 10.6 Å². The zero-order valence-corrected chi connectivity index (χ0v) is 20.3. The molecule has 31 heavy (non-hydrogen) atoms. The van der Waals surface area contributed by atoms with Gasteiger partial charge < -0.3 is 20.4 Å². The molecule has 7 heteroatoms. The Kier molecular flexibility index (Phi) is 9.11. The van der Waals surface area contributed by atoms with Gasteiger partial charge in [0.15, 0.2) is 11.7 Å². The summed E-state index contributed by atoms with van der Waals surface area (Å²) < 4.78 is 5.13. The molecule has 3 N–H and O–H groups in total. The lowest BCUT2D eigenvalue weighted by atomic mass is 9.85. The fourth-order valence-electron chi connectivity index (χ4n) is 3.06. The molecule has 0 aliphatic carbocycles. The van der Waals surface area contributed by atoms with Crippen LogP contribution in [-0.4, -0.2) is 25.5 Å². The van der Waals surface area contributed by atoms with E-state index in [1.165, 1.54) is 11.8 Å². The van der Waals surface area contributed by atoms with E-state index in [1.807, 2.05) is 30.3 Å². The molecule has 1 amide bonds. The summed E-state index contributed by atoms with van der Waals surface area (Å²) in [5.41, 5.74) is 2.98. The lowest BCUT2D eigenvalue weighted by molar-refractivity contribution is 0.0996. The van der Waals surface area contributed by atoms with Gasteiger partial charge >= 0.3 is 0 Å². The minimum Gasteiger partial charge on any atom is -0.459 e. The van der Waals surface area contributed by atoms with Crippen LogP contribution in [0.5, 0.6) is 0 Å². The van der Waals surface area contributed by atoms with Gasteiger partial charge in [-0.1, -0.05) is 56.3 Å². The summed E-state index contributed by atoms with van der Waals surface area (Å²) in [4.78, 5) is 16.5. The Labute approximate surface area is 200 Å². The molecule has 3 rings (SSSR count). The highest BCUT2D eigenvalue weighted by Gasteiger charge is 2.20. The van der Waals surface area contributed by atoms with Crippen LogP contribution in [0.4, 0.5) is 5.69 Å². The zero-order valence-electron chi connectivity index (χ0n) is 18.0. The van der Waals surface area contributed by atoms with E-state index in [-0.39, 0.29) is 41.1 Å². The van der Waals surface area contributed by atoms with Gasteiger partial charge in [0.2, 0.25) is 0 Å². The highest BCUT2D eigenvalue weighted by Crippen LogP contribution is 2.21. The van der Waals surface area contributed by atoms with Crippen molar-refractivity contribution >= 4 is 41.5 Å². The molecule has 3 aromatic rings. The van der Waals surface area contributed by atoms with E-state index in [2.05, 4.69) is 59.1 Å². The lowest BCUT2D eigenvalue weighted by Crippen LogP contribution is -2.43. The Balaban J connectivity index is 0.00000341. The van der Waals surface area contributed by atoms with E-state index < -0.39 is 0 Å². The van der Waals surface area contributed by atoms with Crippen LogP contribution >= 0.6 is 24.0 Å². The lowest BCUT2D eigenvalue weighted by Gasteiger charge is -2.26. The molecule has 0 saturated carbocycles. The number of carbonyl (C=O) groups is 1. The summed E-state index contributed by atoms with van der Waals surface area (Å²) in [5.74, 6) is 0.735. The largest absolute Gasteiger partial charge is 0.459 e. The van der Waals surface area contributed by atoms with Gasteiger partial charge in [-0.15, -0.1) is 24.0 Å². The van der Waals surface area contributed by atoms with Crippen LogP contribution in [0.1, 0.15) is 35.5 Å². The van der Waals surface area contributed by atoms with Gasteiger partial charge in [0.05, 0.1) is 6.26 Å². The number of guanidine groups is 1. The number of benzene rings is 2. The van der Waals surface area contributed by atoms with Crippen LogP contribution in [0.25, 0.3) is 0 Å². The van der Waals surface area contributed by atoms with Crippen molar-refractivity contribution in [2.24, 2.45) is 4.99 Å². The first-order valence-electron chi connectivity index (χ1n) is 9.92. The van der Waals surface area contributed by atoms with E-state index in [0.717, 1.165) is 18.1 Å². The molecule has 6 nitrogen and oxygen atoms in total. The fourth-order valence-corrected chi connectivity index (χ4v) is 3.06. The third kappa shape index (κ3) is 7.13. The first kappa shape index (κ1) is 24.5. The molecule has 0 atom stereocenters. The molecule has 0 fully saturated rings. The number of furan rings is 1. The third-order valence-electron chi connectivity index (χ3n) is 4.87. The van der Waals surface area contributed by atoms with Crippen LogP contribution in [0, 0.1) is 0 Å². The molecule has 164 valence electrons. The van der Waals surface area contributed by atoms with Gasteiger partial charge in [-0.05, 0) is 35.4 Å². The van der Waals surface area contributed by atoms with Gasteiger partial charge in [0, 0.05) is 31.2 Å². The minimum atomic E-state index is -0.272. The Morgan fingerprint density at radius 3 is 2.45 bits per heavy atom. The van der Waals surface area contributed by atoms with Crippen molar-refractivity contribution in [3.63, 3.8) is 0 Å². The van der Waals surface area contributed by atoms with Gasteiger partial charge in [-0.3, -0.25) is 9.79 Å². The predicted molar refractivity (Wildman–Crippen MR) is 136 cm³/mol. The van der Waals surface area contributed by atoms with Crippen molar-refractivity contribution in [3.8, 4) is 0 Å². The first-order chi connectivity index (χ1) is 14.5. The maximum atomic E-state index is 12.1. The first-order valence-corrected chi connectivity index (χ1v) is 9.92. The summed E-state index contributed by atoms with van der Waals surface area (Å²) in [7, 11) is 1.75. The molecule has 0 saturated heterocycles. The van der Waals surface area contributed by atoms with E-state index in [9.17, 15) is 4.79 Å². The second-order valence-corrected chi connectivity index (χ2v) is 7.66. The highest BCUT2D eigenvalue weighted by atomic mass is 127. The average molecular weight is 532 g/mol. The zero-order chi connectivity index (χ0) is 21.4. The molecular formula is C24H29IN4O2. The number of anilines is 1. The molecule has 0 aliphatic heterocycles. The predicted octanol–water partition coefficient (Wildman–Crippen LogP) is 4.79. The number of hydrogen-bond donors (Lipinski definition) is 3. The maximum absolute atomic E-state index is 12.1. The summed E-state index contributed by atoms with van der Waals surface area (Å²) in [6.07, 6.45) is 1.48. The van der Waals surface area contributed by atoms with Gasteiger partial charge in [-0.25, -0.2) is 0 Å². The van der Waals surface area contributed by atoms with Crippen molar-refractivity contribution in [3.05, 3.63) is 89.9 Å². The maximum Gasteiger partial charge on any atom is 0.291 e. The van der Waals surface area contributed by atoms with Crippen LogP contribution in [0.15, 0.2) is 82.4 Å². The smallest absolute Gasteiger partial charge is 0.291 e. The monoisotopic (exact) mass is 532 g/mol. The number of carbonyl (C=O) groups excluding carboxylic acids is 1. The molecular weight excluding hydrogens is 503 g/mol. The Hall–Kier alpha value is -2.81. The molecule has 0 bridgehead atoms. The number of hydrogen-bond acceptors (Lipinski definition) is 3. The molecule has 1 aromatic heterocycles. The standard InChI is InChI=1S/C24H28N4O2.HI/c1-24(2,19-10-5-4-6-11-19)17-27-23(25-3)26-16-18-9-7-12-20(15-18)28-22(29)21-13-8-14-30-21;/h4-15H,16-17H2,1-3H3,(H,28,29)(H2,25,26,27);1H. The van der Waals surface area contributed by atoms with Gasteiger partial charge in [-0.2, -0.15) is 0 Å². The summed E-state index contributed by atoms with van der Waals surface area (Å²) >= 11 is 0. The quantitative estimate of drug-likeness (QED) is 0.232. The second kappa shape index (κ2) is 11.5. The Bertz CT molecular complexity index is 986. The van der Waals surface area contributed by atoms with Crippen LogP contribution < -0.4 is 16.0 Å². The van der Waals surface area contributed by atoms with Crippen molar-refractivity contribution in [2.45, 2.75) is 25.8 Å². The van der Waals surface area contributed by atoms with Crippen molar-refractivity contribution in [2.75, 3.05) is 18.9 Å². The number of amides is 1. The molecule has 1 heterocycles. The number of halogens is 1. The molecule has 0 spiro atoms. The third-order valence-corrected chi connectivity index (χ3v) is 4.87. The SMILES string of the molecule is CN=C(NCc1cccc(NC(=O)c2ccco2)c1)NCC(C)(C)c1ccccc1.I. The Morgan fingerprint density at radius 1 is 1.00 bits per heavy atom. The topological polar surface area (TPSA) is 78.7 Å². The normalized spacial score (nSPS) is 11.4. The molecule has 2 aromatic carbocycles. The van der Waals surface area contributed by atoms with E-state index in [4.69, 9.17) is 4.42 Å². The molecule has 0 aliphatic rings. The summed E-state index contributed by atoms with van der Waals surface area (Å²) in [5, 5.41) is 9.57. The summed E-state index contributed by atoms with van der Waals surface area (Å²) in [6.45, 7) is 5.73. The number of nitrogens with one attached hydrogen (secondary N) is 3.